The molecule has 1 saturated carbocycles. The van der Waals surface area contributed by atoms with Crippen LogP contribution in [0.2, 0.25) is 10.0 Å². The number of carbonyl (C=O) groups is 1. The van der Waals surface area contributed by atoms with E-state index in [9.17, 15) is 18.0 Å². The Hall–Kier alpha value is -2.86. The number of alkyl halides is 2. The topological polar surface area (TPSA) is 98.1 Å². The Morgan fingerprint density at radius 1 is 1.08 bits per heavy atom. The second kappa shape index (κ2) is 14.0. The zero-order valence-corrected chi connectivity index (χ0v) is 22.8. The quantitative estimate of drug-likeness (QED) is 0.166. The minimum atomic E-state index is -3.05. The minimum absolute atomic E-state index is 0. The van der Waals surface area contributed by atoms with Crippen molar-refractivity contribution < 1.29 is 47.4 Å². The molecule has 1 aliphatic rings. The van der Waals surface area contributed by atoms with Gasteiger partial charge in [0.1, 0.15) is 27.7 Å². The van der Waals surface area contributed by atoms with Gasteiger partial charge in [0.25, 0.3) is 0 Å². The van der Waals surface area contributed by atoms with E-state index in [0.29, 0.717) is 51.2 Å². The van der Waals surface area contributed by atoms with Crippen LogP contribution in [-0.4, -0.2) is 31.1 Å². The van der Waals surface area contributed by atoms with Crippen molar-refractivity contribution in [3.05, 3.63) is 75.8 Å². The summed E-state index contributed by atoms with van der Waals surface area (Å²) in [6, 6.07) is 8.07. The van der Waals surface area contributed by atoms with E-state index < -0.39 is 23.8 Å². The first-order chi connectivity index (χ1) is 18.2. The second-order valence-corrected chi connectivity index (χ2v) is 10.2. The maximum atomic E-state index is 13.8. The van der Waals surface area contributed by atoms with Crippen molar-refractivity contribution in [1.29, 1.82) is 0 Å². The fraction of sp³-hybridized carbons (Fsp3) is 0.308. The van der Waals surface area contributed by atoms with Crippen LogP contribution >= 0.6 is 35.0 Å². The number of thioether (sulfide) groups is 1. The molecule has 0 spiro atoms. The number of rotatable bonds is 11. The normalized spacial score (nSPS) is 13.4. The summed E-state index contributed by atoms with van der Waals surface area (Å²) in [6.07, 6.45) is 4.13. The van der Waals surface area contributed by atoms with E-state index in [1.165, 1.54) is 49.8 Å². The number of hydrogen-bond acceptors (Lipinski definition) is 7. The van der Waals surface area contributed by atoms with E-state index in [-0.39, 0.29) is 28.3 Å². The predicted octanol–water partition coefficient (Wildman–Crippen LogP) is 7.38. The third-order valence-electron chi connectivity index (χ3n) is 5.67. The van der Waals surface area contributed by atoms with Crippen LogP contribution in [0.5, 0.6) is 17.2 Å². The first-order valence-corrected chi connectivity index (χ1v) is 13.1. The number of aromatic nitrogens is 1. The molecule has 1 aromatic heterocycles. The molecule has 0 bridgehead atoms. The lowest BCUT2D eigenvalue weighted by Gasteiger charge is -2.21. The molecule has 210 valence electrons. The Balaban J connectivity index is 0.00000420. The van der Waals surface area contributed by atoms with Crippen LogP contribution in [0.4, 0.5) is 18.0 Å². The van der Waals surface area contributed by atoms with Crippen LogP contribution < -0.4 is 19.2 Å². The zero-order valence-electron chi connectivity index (χ0n) is 20.5. The highest BCUT2D eigenvalue weighted by molar-refractivity contribution is 8.13. The van der Waals surface area contributed by atoms with Crippen LogP contribution in [0.25, 0.3) is 0 Å². The largest absolute Gasteiger partial charge is 0.870 e. The number of halogens is 5. The maximum Gasteiger partial charge on any atom is 0.387 e. The molecule has 1 aliphatic carbocycles. The van der Waals surface area contributed by atoms with Gasteiger partial charge in [-0.1, -0.05) is 29.3 Å². The van der Waals surface area contributed by atoms with Gasteiger partial charge in [0.05, 0.1) is 18.6 Å². The van der Waals surface area contributed by atoms with Gasteiger partial charge in [-0.2, -0.15) is 8.78 Å². The Bertz CT molecular complexity index is 1280. The fourth-order valence-electron chi connectivity index (χ4n) is 3.57. The van der Waals surface area contributed by atoms with Crippen LogP contribution in [0, 0.1) is 11.7 Å². The summed E-state index contributed by atoms with van der Waals surface area (Å²) >= 11 is 13.3. The minimum Gasteiger partial charge on any atom is -0.870 e. The molecule has 2 aromatic carbocycles. The van der Waals surface area contributed by atoms with Gasteiger partial charge in [0.15, 0.2) is 23.9 Å². The molecule has 1 heterocycles. The predicted molar refractivity (Wildman–Crippen MR) is 138 cm³/mol. The standard InChI is InChI=1S/C26H22Cl2F3NO5S.H2O/c1-34-21-7-5-16(29)9-24(21)38-26(33)37-22(10-17-18(27)11-32-12-19(17)28)15-4-6-20(36-25(30)31)23(8-15)35-13-14-2-3-14;/h4-9,11-12,14,22,25H,2-3,10,13H2,1H3;1H2/t22-;/m0./s1. The van der Waals surface area contributed by atoms with Gasteiger partial charge in [-0.05, 0) is 66.4 Å². The molecule has 1 fully saturated rings. The average Bonchev–Trinajstić information content (AvgIpc) is 3.69. The lowest BCUT2D eigenvalue weighted by atomic mass is 10.0. The highest BCUT2D eigenvalue weighted by atomic mass is 35.5. The molecule has 1 atom stereocenters. The van der Waals surface area contributed by atoms with Crippen molar-refractivity contribution in [3.63, 3.8) is 0 Å². The zero-order chi connectivity index (χ0) is 27.2. The second-order valence-electron chi connectivity index (χ2n) is 8.43. The summed E-state index contributed by atoms with van der Waals surface area (Å²) in [7, 11) is 1.40. The summed E-state index contributed by atoms with van der Waals surface area (Å²) in [4.78, 5) is 16.0. The number of nitrogens with one attached hydrogen (secondary N) is 1. The number of ether oxygens (including phenoxy) is 4. The molecule has 0 radical (unpaired) electrons. The number of pyridine rings is 1. The van der Waals surface area contributed by atoms with Crippen molar-refractivity contribution in [2.24, 2.45) is 5.92 Å². The molecule has 2 N–H and O–H groups in total. The summed E-state index contributed by atoms with van der Waals surface area (Å²) in [5.41, 5.74) is 0.920. The van der Waals surface area contributed by atoms with Crippen molar-refractivity contribution in [1.82, 2.24) is 0 Å². The first-order valence-electron chi connectivity index (χ1n) is 11.5. The van der Waals surface area contributed by atoms with Gasteiger partial charge in [-0.3, -0.25) is 0 Å². The Morgan fingerprint density at radius 3 is 2.41 bits per heavy atom. The average molecular weight is 606 g/mol. The molecular weight excluding hydrogens is 582 g/mol. The monoisotopic (exact) mass is 605 g/mol. The summed E-state index contributed by atoms with van der Waals surface area (Å²) in [6.45, 7) is -2.71. The van der Waals surface area contributed by atoms with E-state index in [0.717, 1.165) is 18.9 Å². The Morgan fingerprint density at radius 2 is 1.77 bits per heavy atom. The van der Waals surface area contributed by atoms with Gasteiger partial charge in [-0.25, -0.2) is 14.2 Å². The van der Waals surface area contributed by atoms with E-state index in [2.05, 4.69) is 9.72 Å². The van der Waals surface area contributed by atoms with Gasteiger partial charge >= 0.3 is 11.9 Å². The molecular formula is C26H24Cl2F3NO6S. The lowest BCUT2D eigenvalue weighted by Crippen LogP contribution is -2.14. The van der Waals surface area contributed by atoms with E-state index >= 15 is 0 Å². The van der Waals surface area contributed by atoms with Crippen molar-refractivity contribution in [2.45, 2.75) is 36.9 Å². The molecule has 0 aliphatic heterocycles. The number of aromatic amines is 1. The number of benzene rings is 2. The lowest BCUT2D eigenvalue weighted by molar-refractivity contribution is -0.377. The van der Waals surface area contributed by atoms with Gasteiger partial charge in [-0.15, -0.1) is 0 Å². The van der Waals surface area contributed by atoms with Gasteiger partial charge in [0.2, 0.25) is 0 Å². The number of H-pyrrole nitrogens is 1. The third kappa shape index (κ3) is 8.56. The van der Waals surface area contributed by atoms with E-state index in [1.54, 1.807) is 0 Å². The number of hydrogen-bond donors (Lipinski definition) is 0. The third-order valence-corrected chi connectivity index (χ3v) is 7.15. The van der Waals surface area contributed by atoms with Gasteiger partial charge in [0, 0.05) is 12.0 Å². The molecule has 39 heavy (non-hydrogen) atoms. The highest BCUT2D eigenvalue weighted by Gasteiger charge is 2.27. The molecule has 13 heteroatoms. The summed E-state index contributed by atoms with van der Waals surface area (Å²) in [5, 5.41) is -0.149. The van der Waals surface area contributed by atoms with Crippen LogP contribution in [0.3, 0.4) is 0 Å². The van der Waals surface area contributed by atoms with Crippen molar-refractivity contribution >= 4 is 40.3 Å². The SMILES string of the molecule is COc1ccc(F)cc1SC(=O)O[C@@H](Cc1c(Cl)c[nH+]cc1Cl)c1ccc(OC(F)F)c(OCC2CC2)c1.[OH-]. The maximum absolute atomic E-state index is 13.8. The molecule has 3 aromatic rings. The molecule has 0 amide bonds. The van der Waals surface area contributed by atoms with Crippen LogP contribution in [-0.2, 0) is 11.2 Å². The highest BCUT2D eigenvalue weighted by Crippen LogP contribution is 2.39. The molecule has 7 nitrogen and oxygen atoms in total. The summed E-state index contributed by atoms with van der Waals surface area (Å²) < 4.78 is 61.2. The van der Waals surface area contributed by atoms with Crippen LogP contribution in [0.1, 0.15) is 30.1 Å². The van der Waals surface area contributed by atoms with E-state index in [4.69, 9.17) is 37.4 Å². The molecule has 0 unspecified atom stereocenters. The molecule has 4 rings (SSSR count). The van der Waals surface area contributed by atoms with Gasteiger partial charge < -0.3 is 24.4 Å². The summed E-state index contributed by atoms with van der Waals surface area (Å²) in [5.74, 6) is 0.0395. The Kier molecular flexibility index (Phi) is 11.0. The van der Waals surface area contributed by atoms with E-state index in [1.807, 2.05) is 0 Å². The fourth-order valence-corrected chi connectivity index (χ4v) is 4.87. The molecule has 0 saturated heterocycles. The Labute approximate surface area is 236 Å². The smallest absolute Gasteiger partial charge is 0.387 e. The van der Waals surface area contributed by atoms with Crippen molar-refractivity contribution in [3.8, 4) is 17.2 Å². The van der Waals surface area contributed by atoms with Crippen LogP contribution in [0.15, 0.2) is 53.7 Å². The first kappa shape index (κ1) is 30.7. The number of methoxy groups -OCH3 is 1. The van der Waals surface area contributed by atoms with Crippen molar-refractivity contribution in [2.75, 3.05) is 13.7 Å². The number of carbonyl (C=O) groups excluding carboxylic acids is 1.